The Bertz CT molecular complexity index is 2750. The summed E-state index contributed by atoms with van der Waals surface area (Å²) in [5.74, 6) is -5.24. The zero-order valence-corrected chi connectivity index (χ0v) is 67.1. The normalized spacial score (nSPS) is 13.7. The molecule has 0 fully saturated rings. The molecule has 12 amide bonds. The second-order valence-electron chi connectivity index (χ2n) is 19.6. The van der Waals surface area contributed by atoms with Crippen molar-refractivity contribution < 1.29 is 110 Å². The van der Waals surface area contributed by atoms with Crippen LogP contribution in [0.25, 0.3) is 0 Å². The van der Waals surface area contributed by atoms with E-state index in [4.69, 9.17) is 0 Å². The predicted octanol–water partition coefficient (Wildman–Crippen LogP) is -2.63. The minimum Gasteiger partial charge on any atom is -0.396 e. The van der Waals surface area contributed by atoms with Crippen LogP contribution in [0.5, 0.6) is 0 Å². The third-order valence-electron chi connectivity index (χ3n) is 12.5. The molecule has 0 heterocycles. The summed E-state index contributed by atoms with van der Waals surface area (Å²) in [5.41, 5.74) is -3.56. The molecule has 0 aliphatic rings. The van der Waals surface area contributed by atoms with Crippen molar-refractivity contribution in [1.82, 2.24) is 47.9 Å². The second-order valence-corrected chi connectivity index (χ2v) is 29.3. The van der Waals surface area contributed by atoms with Crippen LogP contribution in [0, 0.1) is 37.5 Å². The molecule has 3 aromatic rings. The van der Waals surface area contributed by atoms with Crippen molar-refractivity contribution in [2.75, 3.05) is 121 Å². The summed E-state index contributed by atoms with van der Waals surface area (Å²) in [6.45, 7) is -10.2. The first-order valence-corrected chi connectivity index (χ1v) is 36.3. The molecule has 3 aromatic carbocycles. The Balaban J connectivity index is 2.25. The molecule has 0 bridgehead atoms. The SMILES string of the molecule is O=C(NCC(CO)(CNC(=O)Nc1c(I)c(C(=O)NCC(O)CO)c(I)c(C(=O)NCC(O)CO)c1I)CNC(=O)Nc1c(I)c(C(=O)NCC(O)CO)c(I)c(C(=O)NCC(O)CO)c1I)Nc1c(I)c(C(=O)NCC(O)CO)c(I)c(C(=O)NCC(O)CO)c1I. The minimum atomic E-state index is -1.90. The predicted molar refractivity (Wildman–Crippen MR) is 407 cm³/mol. The summed E-state index contributed by atoms with van der Waals surface area (Å²) in [5, 5.41) is 158. The minimum absolute atomic E-state index is 0.0288. The van der Waals surface area contributed by atoms with Gasteiger partial charge in [0.2, 0.25) is 0 Å². The van der Waals surface area contributed by atoms with Crippen LogP contribution in [-0.2, 0) is 0 Å². The highest BCUT2D eigenvalue weighted by Gasteiger charge is 2.36. The number of urea groups is 3. The Morgan fingerprint density at radius 3 is 0.581 bits per heavy atom. The molecule has 6 unspecified atom stereocenters. The van der Waals surface area contributed by atoms with Crippen LogP contribution >= 0.6 is 203 Å². The van der Waals surface area contributed by atoms with Crippen molar-refractivity contribution in [3.05, 3.63) is 65.5 Å². The van der Waals surface area contributed by atoms with E-state index >= 15 is 0 Å². The fraction of sp³-hybridized carbons (Fsp3) is 0.460. The highest BCUT2D eigenvalue weighted by molar-refractivity contribution is 14.1. The summed E-state index contributed by atoms with van der Waals surface area (Å²) < 4.78 is 0.269. The number of carbonyl (C=O) groups excluding carboxylic acids is 9. The van der Waals surface area contributed by atoms with Gasteiger partial charge in [0.15, 0.2) is 0 Å². The van der Waals surface area contributed by atoms with E-state index in [9.17, 15) is 110 Å². The number of hydrogen-bond acceptors (Lipinski definition) is 22. The van der Waals surface area contributed by atoms with Crippen LogP contribution in [0.15, 0.2) is 0 Å². The van der Waals surface area contributed by atoms with Gasteiger partial charge in [-0.15, -0.1) is 0 Å². The molecule has 43 heteroatoms. The molecule has 0 spiro atoms. The lowest BCUT2D eigenvalue weighted by Crippen LogP contribution is -2.55. The van der Waals surface area contributed by atoms with E-state index in [-0.39, 0.29) is 82.6 Å². The van der Waals surface area contributed by atoms with Crippen molar-refractivity contribution in [2.24, 2.45) is 5.41 Å². The fourth-order valence-electron chi connectivity index (χ4n) is 7.33. The van der Waals surface area contributed by atoms with Gasteiger partial charge < -0.3 is 130 Å². The van der Waals surface area contributed by atoms with Crippen molar-refractivity contribution in [1.29, 1.82) is 0 Å². The molecule has 6 atom stereocenters. The number of anilines is 3. The number of carbonyl (C=O) groups is 9. The van der Waals surface area contributed by atoms with Gasteiger partial charge in [-0.05, 0) is 203 Å². The molecule has 3 rings (SSSR count). The molecule has 0 saturated carbocycles. The van der Waals surface area contributed by atoms with E-state index in [0.717, 1.165) is 0 Å². The number of aliphatic hydroxyl groups excluding tert-OH is 13. The van der Waals surface area contributed by atoms with Gasteiger partial charge in [0.25, 0.3) is 35.4 Å². The zero-order valence-electron chi connectivity index (χ0n) is 47.7. The van der Waals surface area contributed by atoms with Crippen molar-refractivity contribution in [2.45, 2.75) is 36.6 Å². The van der Waals surface area contributed by atoms with Crippen LogP contribution in [0.2, 0.25) is 0 Å². The zero-order chi connectivity index (χ0) is 70.4. The number of hydrogen-bond donors (Lipinski definition) is 25. The van der Waals surface area contributed by atoms with Gasteiger partial charge in [0.1, 0.15) is 0 Å². The maximum atomic E-state index is 14.3. The third kappa shape index (κ3) is 24.6. The average molecular weight is 2330 g/mol. The Morgan fingerprint density at radius 2 is 0.441 bits per heavy atom. The van der Waals surface area contributed by atoms with E-state index in [1.807, 2.05) is 0 Å². The standard InChI is InChI=1S/C50H63I9N12O22/c51-29-23(41(85)60-1-17(79)7-72)32(54)38(33(55)24(29)42(86)61-2-18(80)8-73)69-47(91)66-13-50(16-78,14-67-48(92)70-39-34(56)25(43(87)62-3-19(81)9-74)30(52)26(35(39)57)44(88)63-4-20(82)10-75)15-68-49(93)71-40-36(58)27(45(89)64-5-21(83)11-76)31(53)28(37(40)59)46(90)65-6-22(84)12-77/h17-22,72-84H,1-16H2,(H,60,85)(H,61,86)(H,62,87)(H,63,88)(H,64,89)(H,65,90)(H2,66,69,91)(H2,67,70,92)(H2,68,71,93). The van der Waals surface area contributed by atoms with Gasteiger partial charge in [-0.25, -0.2) is 14.4 Å². The maximum absolute atomic E-state index is 14.3. The molecule has 34 nitrogen and oxygen atoms in total. The highest BCUT2D eigenvalue weighted by Crippen LogP contribution is 2.39. The number of rotatable bonds is 34. The lowest BCUT2D eigenvalue weighted by Gasteiger charge is -2.33. The fourth-order valence-corrected chi connectivity index (χ4v) is 20.6. The number of amides is 12. The van der Waals surface area contributed by atoms with Crippen molar-refractivity contribution in [3.8, 4) is 0 Å². The van der Waals surface area contributed by atoms with Gasteiger partial charge >= 0.3 is 18.1 Å². The van der Waals surface area contributed by atoms with Gasteiger partial charge in [-0.3, -0.25) is 28.8 Å². The lowest BCUT2D eigenvalue weighted by molar-refractivity contribution is 0.0792. The van der Waals surface area contributed by atoms with Crippen LogP contribution in [0.4, 0.5) is 31.4 Å². The highest BCUT2D eigenvalue weighted by atomic mass is 127. The summed E-state index contributed by atoms with van der Waals surface area (Å²) in [6.07, 6.45) is -8.39. The van der Waals surface area contributed by atoms with Crippen molar-refractivity contribution in [3.63, 3.8) is 0 Å². The maximum Gasteiger partial charge on any atom is 0.319 e. The van der Waals surface area contributed by atoms with Gasteiger partial charge in [0, 0.05) is 75.0 Å². The van der Waals surface area contributed by atoms with E-state index in [1.165, 1.54) is 0 Å². The molecule has 0 aliphatic heterocycles. The lowest BCUT2D eigenvalue weighted by atomic mass is 9.88. The second kappa shape index (κ2) is 41.8. The van der Waals surface area contributed by atoms with E-state index in [2.05, 4.69) is 63.8 Å². The van der Waals surface area contributed by atoms with Crippen LogP contribution in [0.1, 0.15) is 62.1 Å². The molecule has 25 N–H and O–H groups in total. The summed E-state index contributed by atoms with van der Waals surface area (Å²) in [4.78, 5) is 125. The number of nitrogens with one attached hydrogen (secondary N) is 12. The van der Waals surface area contributed by atoms with Crippen LogP contribution in [-0.4, -0.2) is 262 Å². The van der Waals surface area contributed by atoms with Gasteiger partial charge in [0.05, 0.1) is 155 Å². The topological polar surface area (TPSA) is 561 Å². The Hall–Kier alpha value is -1.66. The largest absolute Gasteiger partial charge is 0.396 e. The quantitative estimate of drug-likeness (QED) is 0.0272. The first-order chi connectivity index (χ1) is 43.7. The van der Waals surface area contributed by atoms with E-state index < -0.39 is 201 Å². The first kappa shape index (κ1) is 85.6. The summed E-state index contributed by atoms with van der Waals surface area (Å²) in [6, 6.07) is -3.30. The third-order valence-corrected chi connectivity index (χ3v) is 22.2. The molecular formula is C50H63I9N12O22. The summed E-state index contributed by atoms with van der Waals surface area (Å²) >= 11 is 15.4. The molecule has 0 aromatic heterocycles. The summed E-state index contributed by atoms with van der Waals surface area (Å²) in [7, 11) is 0. The monoisotopic (exact) mass is 2330 g/mol. The molecule has 93 heavy (non-hydrogen) atoms. The number of benzene rings is 3. The van der Waals surface area contributed by atoms with E-state index in [0.29, 0.717) is 0 Å². The molecule has 0 aliphatic carbocycles. The smallest absolute Gasteiger partial charge is 0.319 e. The Labute approximate surface area is 651 Å². The van der Waals surface area contributed by atoms with Gasteiger partial charge in [-0.1, -0.05) is 0 Å². The van der Waals surface area contributed by atoms with Crippen LogP contribution < -0.4 is 63.8 Å². The molecular weight excluding hydrogens is 2260 g/mol. The molecule has 518 valence electrons. The van der Waals surface area contributed by atoms with Crippen LogP contribution in [0.3, 0.4) is 0 Å². The van der Waals surface area contributed by atoms with Gasteiger partial charge in [-0.2, -0.15) is 0 Å². The molecule has 0 saturated heterocycles. The average Bonchev–Trinajstić information content (AvgIpc) is 0.791. The Morgan fingerprint density at radius 1 is 0.280 bits per heavy atom. The first-order valence-electron chi connectivity index (χ1n) is 26.5. The number of halogens is 9. The Kier molecular flexibility index (Phi) is 38.5. The van der Waals surface area contributed by atoms with E-state index in [1.54, 1.807) is 203 Å². The number of aliphatic hydroxyl groups is 13. The van der Waals surface area contributed by atoms with Crippen molar-refractivity contribution >= 4 is 274 Å². The molecule has 0 radical (unpaired) electrons.